The first-order valence-corrected chi connectivity index (χ1v) is 14.8. The molecule has 0 radical (unpaired) electrons. The number of aromatic nitrogens is 3. The maximum absolute atomic E-state index is 14.1. The lowest BCUT2D eigenvalue weighted by Gasteiger charge is -2.35. The highest BCUT2D eigenvalue weighted by molar-refractivity contribution is 7.13. The number of likely N-dealkylation sites (tertiary alicyclic amines) is 1. The number of hydrogen-bond acceptors (Lipinski definition) is 7. The number of carbonyl (C=O) groups excluding carboxylic acids is 2. The number of nitrogens with zero attached hydrogens (tertiary/aromatic N) is 4. The normalized spacial score (nSPS) is 19.6. The van der Waals surface area contributed by atoms with Crippen molar-refractivity contribution < 1.29 is 19.8 Å². The molecule has 3 heterocycles. The molecule has 1 amide bonds. The Morgan fingerprint density at radius 2 is 1.80 bits per heavy atom. The van der Waals surface area contributed by atoms with Crippen molar-refractivity contribution in [1.82, 2.24) is 19.7 Å². The Morgan fingerprint density at radius 3 is 2.33 bits per heavy atom. The van der Waals surface area contributed by atoms with E-state index in [-0.39, 0.29) is 43.1 Å². The molecule has 216 valence electrons. The van der Waals surface area contributed by atoms with Crippen LogP contribution in [0.3, 0.4) is 0 Å². The third-order valence-electron chi connectivity index (χ3n) is 7.78. The van der Waals surface area contributed by atoms with Crippen molar-refractivity contribution in [3.63, 3.8) is 0 Å². The van der Waals surface area contributed by atoms with E-state index in [4.69, 9.17) is 0 Å². The van der Waals surface area contributed by atoms with E-state index in [1.807, 2.05) is 63.7 Å². The second-order valence-corrected chi connectivity index (χ2v) is 13.9. The lowest BCUT2D eigenvalue weighted by atomic mass is 9.85. The van der Waals surface area contributed by atoms with Gasteiger partial charge in [0.25, 0.3) is 0 Å². The number of thiazole rings is 1. The third kappa shape index (κ3) is 6.37. The highest BCUT2D eigenvalue weighted by Crippen LogP contribution is 2.36. The summed E-state index contributed by atoms with van der Waals surface area (Å²) in [5, 5.41) is 25.3. The van der Waals surface area contributed by atoms with Gasteiger partial charge in [-0.1, -0.05) is 65.8 Å². The topological polar surface area (TPSA) is 109 Å². The Labute approximate surface area is 241 Å². The summed E-state index contributed by atoms with van der Waals surface area (Å²) in [5.74, 6) is -0.789. The summed E-state index contributed by atoms with van der Waals surface area (Å²) in [6.45, 7) is 14.1. The van der Waals surface area contributed by atoms with Crippen LogP contribution in [0.25, 0.3) is 10.4 Å². The molecule has 0 bridgehead atoms. The van der Waals surface area contributed by atoms with Crippen molar-refractivity contribution in [2.75, 3.05) is 13.2 Å². The van der Waals surface area contributed by atoms with Crippen LogP contribution in [0, 0.1) is 12.3 Å². The van der Waals surface area contributed by atoms with Crippen LogP contribution in [0.2, 0.25) is 0 Å². The Bertz CT molecular complexity index is 1330. The largest absolute Gasteiger partial charge is 0.396 e. The minimum Gasteiger partial charge on any atom is -0.396 e. The van der Waals surface area contributed by atoms with Crippen molar-refractivity contribution in [3.05, 3.63) is 59.0 Å². The van der Waals surface area contributed by atoms with E-state index >= 15 is 0 Å². The third-order valence-corrected chi connectivity index (χ3v) is 8.76. The Morgan fingerprint density at radius 1 is 1.12 bits per heavy atom. The number of carbonyl (C=O) groups is 2. The van der Waals surface area contributed by atoms with Gasteiger partial charge in [0.05, 0.1) is 41.0 Å². The van der Waals surface area contributed by atoms with Crippen LogP contribution in [-0.2, 0) is 15.0 Å². The maximum Gasteiger partial charge on any atom is 0.248 e. The Hall–Kier alpha value is -2.88. The molecule has 4 rings (SSSR count). The zero-order valence-corrected chi connectivity index (χ0v) is 25.4. The van der Waals surface area contributed by atoms with Gasteiger partial charge in [-0.05, 0) is 34.4 Å². The van der Waals surface area contributed by atoms with Crippen molar-refractivity contribution in [3.8, 4) is 10.4 Å². The number of amides is 1. The quantitative estimate of drug-likeness (QED) is 0.402. The van der Waals surface area contributed by atoms with Gasteiger partial charge >= 0.3 is 0 Å². The number of aliphatic hydroxyl groups excluding tert-OH is 2. The average Bonchev–Trinajstić information content (AvgIpc) is 3.61. The van der Waals surface area contributed by atoms with Gasteiger partial charge < -0.3 is 15.1 Å². The van der Waals surface area contributed by atoms with Gasteiger partial charge in [-0.2, -0.15) is 5.10 Å². The molecule has 4 unspecified atom stereocenters. The minimum atomic E-state index is -0.782. The smallest absolute Gasteiger partial charge is 0.248 e. The van der Waals surface area contributed by atoms with Crippen LogP contribution in [0.4, 0.5) is 0 Å². The van der Waals surface area contributed by atoms with Gasteiger partial charge in [0.1, 0.15) is 6.04 Å². The molecule has 40 heavy (non-hydrogen) atoms. The van der Waals surface area contributed by atoms with Gasteiger partial charge in [0.2, 0.25) is 5.91 Å². The fourth-order valence-electron chi connectivity index (χ4n) is 5.42. The first kappa shape index (κ1) is 30.1. The van der Waals surface area contributed by atoms with Gasteiger partial charge in [0, 0.05) is 31.5 Å². The summed E-state index contributed by atoms with van der Waals surface area (Å²) in [5.41, 5.74) is 5.10. The van der Waals surface area contributed by atoms with Crippen LogP contribution >= 0.6 is 11.3 Å². The van der Waals surface area contributed by atoms with Crippen LogP contribution in [0.15, 0.2) is 42.2 Å². The molecule has 3 aromatic rings. The summed E-state index contributed by atoms with van der Waals surface area (Å²) in [6, 6.07) is 6.47. The van der Waals surface area contributed by atoms with E-state index in [2.05, 4.69) is 30.9 Å². The van der Waals surface area contributed by atoms with Gasteiger partial charge in [0.15, 0.2) is 5.78 Å². The van der Waals surface area contributed by atoms with E-state index in [0.717, 1.165) is 27.3 Å². The molecule has 1 fully saturated rings. The molecule has 1 aliphatic rings. The highest BCUT2D eigenvalue weighted by Gasteiger charge is 2.45. The van der Waals surface area contributed by atoms with Gasteiger partial charge in [-0.3, -0.25) is 14.3 Å². The lowest BCUT2D eigenvalue weighted by Crippen LogP contribution is -2.47. The first-order valence-electron chi connectivity index (χ1n) is 13.9. The molecule has 1 aromatic carbocycles. The summed E-state index contributed by atoms with van der Waals surface area (Å²) in [6.07, 6.45) is 3.19. The van der Waals surface area contributed by atoms with Gasteiger partial charge in [-0.25, -0.2) is 4.98 Å². The van der Waals surface area contributed by atoms with Crippen molar-refractivity contribution in [2.45, 2.75) is 90.8 Å². The van der Waals surface area contributed by atoms with Gasteiger partial charge in [-0.15, -0.1) is 11.3 Å². The molecule has 1 aliphatic heterocycles. The number of ketones is 1. The van der Waals surface area contributed by atoms with E-state index in [0.29, 0.717) is 0 Å². The molecule has 0 spiro atoms. The lowest BCUT2D eigenvalue weighted by molar-refractivity contribution is -0.143. The number of hydrogen-bond donors (Lipinski definition) is 2. The van der Waals surface area contributed by atoms with E-state index in [1.165, 1.54) is 4.90 Å². The monoisotopic (exact) mass is 566 g/mol. The predicted molar refractivity (Wildman–Crippen MR) is 157 cm³/mol. The molecule has 2 N–H and O–H groups in total. The molecular formula is C31H42N4O4S. The average molecular weight is 567 g/mol. The molecule has 0 aliphatic carbocycles. The van der Waals surface area contributed by atoms with E-state index in [1.54, 1.807) is 22.2 Å². The summed E-state index contributed by atoms with van der Waals surface area (Å²) >= 11 is 1.58. The van der Waals surface area contributed by atoms with Crippen LogP contribution in [0.1, 0.15) is 83.2 Å². The summed E-state index contributed by atoms with van der Waals surface area (Å²) in [4.78, 5) is 34.6. The fraction of sp³-hybridized carbons (Fsp3) is 0.548. The Kier molecular flexibility index (Phi) is 8.68. The number of benzene rings is 1. The summed E-state index contributed by atoms with van der Waals surface area (Å²) in [7, 11) is 0. The van der Waals surface area contributed by atoms with Crippen molar-refractivity contribution in [2.24, 2.45) is 5.41 Å². The first-order chi connectivity index (χ1) is 18.7. The number of aryl methyl sites for hydroxylation is 1. The maximum atomic E-state index is 14.1. The van der Waals surface area contributed by atoms with E-state index < -0.39 is 29.5 Å². The molecule has 2 aromatic heterocycles. The van der Waals surface area contributed by atoms with Crippen molar-refractivity contribution >= 4 is 23.0 Å². The number of rotatable bonds is 8. The zero-order valence-electron chi connectivity index (χ0n) is 24.6. The van der Waals surface area contributed by atoms with Crippen LogP contribution in [0.5, 0.6) is 0 Å². The fourth-order valence-corrected chi connectivity index (χ4v) is 6.23. The minimum absolute atomic E-state index is 0.0761. The molecular weight excluding hydrogens is 524 g/mol. The molecule has 0 saturated carbocycles. The highest BCUT2D eigenvalue weighted by atomic mass is 32.1. The second kappa shape index (κ2) is 11.5. The standard InChI is InChI=1S/C31H42N4O4S/c1-19-27(40-18-32-19)21-10-8-20(9-11-21)22(17-36)12-26(38)25-13-24(37)16-34(25)29(39)28(31(5,6)7)35-15-23(14-33-35)30(2,3)4/h8-11,14-15,18,22,24-25,28,36-37H,12-13,16-17H2,1-7H3. The summed E-state index contributed by atoms with van der Waals surface area (Å²) < 4.78 is 1.71. The van der Waals surface area contributed by atoms with Crippen LogP contribution in [-0.4, -0.2) is 66.9 Å². The SMILES string of the molecule is Cc1ncsc1-c1ccc(C(CO)CC(=O)C2CC(O)CN2C(=O)C(n2cc(C(C)(C)C)cn2)C(C)(C)C)cc1. The number of Topliss-reactive ketones (excluding diaryl/α,β-unsaturated/α-hetero) is 1. The molecule has 8 nitrogen and oxygen atoms in total. The van der Waals surface area contributed by atoms with Crippen LogP contribution < -0.4 is 0 Å². The zero-order chi connectivity index (χ0) is 29.4. The Balaban J connectivity index is 1.54. The number of β-amino-alcohol motifs (C(OH)–C–C–N with tert-alkyl or cyclic N) is 1. The van der Waals surface area contributed by atoms with Crippen molar-refractivity contribution in [1.29, 1.82) is 0 Å². The predicted octanol–water partition coefficient (Wildman–Crippen LogP) is 4.90. The second-order valence-electron chi connectivity index (χ2n) is 13.1. The number of aliphatic hydroxyl groups is 2. The molecule has 4 atom stereocenters. The molecule has 1 saturated heterocycles. The van der Waals surface area contributed by atoms with E-state index in [9.17, 15) is 19.8 Å². The molecule has 9 heteroatoms.